The summed E-state index contributed by atoms with van der Waals surface area (Å²) in [5.41, 5.74) is 1.70. The van der Waals surface area contributed by atoms with Crippen LogP contribution in [0.1, 0.15) is 29.7 Å². The molecule has 3 aromatic carbocycles. The molecular formula is C24H22N2O2. The number of carboxylic acids is 1. The Bertz CT molecular complexity index is 987. The molecule has 4 nitrogen and oxygen atoms in total. The van der Waals surface area contributed by atoms with Crippen molar-refractivity contribution in [1.82, 2.24) is 4.90 Å². The molecule has 0 spiro atoms. The number of hydrogen-bond donors (Lipinski definition) is 1. The van der Waals surface area contributed by atoms with Crippen molar-refractivity contribution < 1.29 is 9.90 Å². The van der Waals surface area contributed by atoms with E-state index in [1.54, 1.807) is 6.92 Å². The average molecular weight is 370 g/mol. The maximum atomic E-state index is 12.3. The van der Waals surface area contributed by atoms with Crippen molar-refractivity contribution in [2.75, 3.05) is 0 Å². The number of carboxylic acid groups (broad SMARTS) is 1. The fraction of sp³-hybridized carbons (Fsp3) is 0.167. The molecule has 140 valence electrons. The van der Waals surface area contributed by atoms with E-state index in [2.05, 4.69) is 17.0 Å². The normalized spacial score (nSPS) is 21.4. The first-order valence-corrected chi connectivity index (χ1v) is 9.34. The molecule has 0 aliphatic carbocycles. The fourth-order valence-electron chi connectivity index (χ4n) is 3.84. The van der Waals surface area contributed by atoms with Crippen molar-refractivity contribution in [3.8, 4) is 0 Å². The van der Waals surface area contributed by atoms with Crippen LogP contribution in [0.2, 0.25) is 0 Å². The molecule has 1 heterocycles. The first kappa shape index (κ1) is 18.0. The van der Waals surface area contributed by atoms with Crippen LogP contribution in [0.3, 0.4) is 0 Å². The first-order chi connectivity index (χ1) is 13.6. The van der Waals surface area contributed by atoms with Crippen molar-refractivity contribution in [2.24, 2.45) is 4.99 Å². The van der Waals surface area contributed by atoms with Gasteiger partial charge in [-0.05, 0) is 18.1 Å². The lowest BCUT2D eigenvalue weighted by Crippen LogP contribution is -2.43. The molecule has 3 aromatic rings. The SMILES string of the molecule is C[C@@]1(C(=O)O)N=C(c2ccccc2)N(Cc2ccccc2)[C@H]1c1ccccc1. The molecule has 0 fully saturated rings. The second-order valence-electron chi connectivity index (χ2n) is 7.18. The predicted octanol–water partition coefficient (Wildman–Crippen LogP) is 4.53. The topological polar surface area (TPSA) is 52.9 Å². The number of amidine groups is 1. The van der Waals surface area contributed by atoms with E-state index in [0.717, 1.165) is 16.7 Å². The van der Waals surface area contributed by atoms with Crippen molar-refractivity contribution >= 4 is 11.8 Å². The molecular weight excluding hydrogens is 348 g/mol. The lowest BCUT2D eigenvalue weighted by Gasteiger charge is -2.34. The highest BCUT2D eigenvalue weighted by Gasteiger charge is 2.51. The Morgan fingerprint density at radius 2 is 1.46 bits per heavy atom. The molecule has 28 heavy (non-hydrogen) atoms. The van der Waals surface area contributed by atoms with Gasteiger partial charge in [-0.2, -0.15) is 0 Å². The van der Waals surface area contributed by atoms with Crippen LogP contribution in [0.5, 0.6) is 0 Å². The molecule has 0 amide bonds. The van der Waals surface area contributed by atoms with Gasteiger partial charge < -0.3 is 10.0 Å². The third kappa shape index (κ3) is 3.18. The number of aliphatic carboxylic acids is 1. The van der Waals surface area contributed by atoms with Gasteiger partial charge in [-0.1, -0.05) is 91.0 Å². The number of hydrogen-bond acceptors (Lipinski definition) is 3. The number of nitrogens with zero attached hydrogens (tertiary/aromatic N) is 2. The molecule has 0 saturated heterocycles. The largest absolute Gasteiger partial charge is 0.479 e. The zero-order chi connectivity index (χ0) is 19.6. The Labute approximate surface area is 164 Å². The second kappa shape index (κ2) is 7.31. The summed E-state index contributed by atoms with van der Waals surface area (Å²) in [6, 6.07) is 29.3. The Kier molecular flexibility index (Phi) is 4.70. The predicted molar refractivity (Wildman–Crippen MR) is 110 cm³/mol. The Morgan fingerprint density at radius 1 is 0.929 bits per heavy atom. The van der Waals surface area contributed by atoms with Crippen LogP contribution >= 0.6 is 0 Å². The van der Waals surface area contributed by atoms with Gasteiger partial charge in [-0.3, -0.25) is 0 Å². The highest BCUT2D eigenvalue weighted by Crippen LogP contribution is 2.42. The summed E-state index contributed by atoms with van der Waals surface area (Å²) in [5.74, 6) is -0.214. The van der Waals surface area contributed by atoms with Gasteiger partial charge in [0.05, 0.1) is 6.04 Å². The van der Waals surface area contributed by atoms with Crippen LogP contribution in [0.15, 0.2) is 96.0 Å². The van der Waals surface area contributed by atoms with Crippen LogP contribution in [0.4, 0.5) is 0 Å². The van der Waals surface area contributed by atoms with Crippen LogP contribution in [-0.4, -0.2) is 27.4 Å². The monoisotopic (exact) mass is 370 g/mol. The van der Waals surface area contributed by atoms with Crippen LogP contribution in [-0.2, 0) is 11.3 Å². The van der Waals surface area contributed by atoms with Crippen LogP contribution < -0.4 is 0 Å². The van der Waals surface area contributed by atoms with Gasteiger partial charge in [-0.15, -0.1) is 0 Å². The number of carbonyl (C=O) groups is 1. The molecule has 4 heteroatoms. The van der Waals surface area contributed by atoms with E-state index in [-0.39, 0.29) is 0 Å². The summed E-state index contributed by atoms with van der Waals surface area (Å²) < 4.78 is 0. The van der Waals surface area contributed by atoms with Gasteiger partial charge >= 0.3 is 5.97 Å². The molecule has 0 saturated carbocycles. The second-order valence-corrected chi connectivity index (χ2v) is 7.18. The zero-order valence-electron chi connectivity index (χ0n) is 15.7. The first-order valence-electron chi connectivity index (χ1n) is 9.34. The number of rotatable bonds is 5. The molecule has 0 bridgehead atoms. The van der Waals surface area contributed by atoms with E-state index in [1.165, 1.54) is 0 Å². The minimum absolute atomic E-state index is 0.401. The summed E-state index contributed by atoms with van der Waals surface area (Å²) >= 11 is 0. The van der Waals surface area contributed by atoms with Gasteiger partial charge in [-0.25, -0.2) is 9.79 Å². The van der Waals surface area contributed by atoms with Gasteiger partial charge in [0.2, 0.25) is 0 Å². The molecule has 0 aromatic heterocycles. The van der Waals surface area contributed by atoms with E-state index >= 15 is 0 Å². The van der Waals surface area contributed by atoms with Gasteiger partial charge in [0.15, 0.2) is 5.54 Å². The fourth-order valence-corrected chi connectivity index (χ4v) is 3.84. The molecule has 1 aliphatic rings. The van der Waals surface area contributed by atoms with Crippen molar-refractivity contribution in [3.63, 3.8) is 0 Å². The van der Waals surface area contributed by atoms with Crippen LogP contribution in [0.25, 0.3) is 0 Å². The highest BCUT2D eigenvalue weighted by molar-refractivity contribution is 6.03. The third-order valence-electron chi connectivity index (χ3n) is 5.23. The quantitative estimate of drug-likeness (QED) is 0.718. The van der Waals surface area contributed by atoms with E-state index in [1.807, 2.05) is 78.9 Å². The Hall–Kier alpha value is -3.40. The smallest absolute Gasteiger partial charge is 0.333 e. The number of benzene rings is 3. The summed E-state index contributed by atoms with van der Waals surface area (Å²) in [7, 11) is 0. The Balaban J connectivity index is 1.87. The van der Waals surface area contributed by atoms with Crippen molar-refractivity contribution in [1.29, 1.82) is 0 Å². The zero-order valence-corrected chi connectivity index (χ0v) is 15.7. The van der Waals surface area contributed by atoms with Crippen LogP contribution in [0, 0.1) is 0 Å². The molecule has 0 unspecified atom stereocenters. The third-order valence-corrected chi connectivity index (χ3v) is 5.23. The van der Waals surface area contributed by atoms with E-state index in [0.29, 0.717) is 12.4 Å². The van der Waals surface area contributed by atoms with E-state index < -0.39 is 17.6 Å². The maximum Gasteiger partial charge on any atom is 0.333 e. The molecule has 1 N–H and O–H groups in total. The average Bonchev–Trinajstić information content (AvgIpc) is 3.03. The summed E-state index contributed by atoms with van der Waals surface area (Å²) in [4.78, 5) is 19.2. The highest BCUT2D eigenvalue weighted by atomic mass is 16.4. The number of aliphatic imine (C=N–C) groups is 1. The molecule has 2 atom stereocenters. The van der Waals surface area contributed by atoms with Gasteiger partial charge in [0.25, 0.3) is 0 Å². The summed E-state index contributed by atoms with van der Waals surface area (Å²) in [6.45, 7) is 2.29. The molecule has 1 aliphatic heterocycles. The van der Waals surface area contributed by atoms with Crippen molar-refractivity contribution in [3.05, 3.63) is 108 Å². The lowest BCUT2D eigenvalue weighted by molar-refractivity contribution is -0.144. The summed E-state index contributed by atoms with van der Waals surface area (Å²) in [5, 5.41) is 10.1. The van der Waals surface area contributed by atoms with Gasteiger partial charge in [0.1, 0.15) is 5.84 Å². The maximum absolute atomic E-state index is 12.3. The molecule has 0 radical (unpaired) electrons. The minimum atomic E-state index is -1.28. The van der Waals surface area contributed by atoms with E-state index in [9.17, 15) is 9.90 Å². The lowest BCUT2D eigenvalue weighted by atomic mass is 9.87. The standard InChI is InChI=1S/C24H22N2O2/c1-24(23(27)28)21(19-13-7-3-8-14-19)26(17-18-11-5-2-6-12-18)22(25-24)20-15-9-4-10-16-20/h2-16,21H,17H2,1H3,(H,27,28)/t21-,24+/m0/s1. The Morgan fingerprint density at radius 3 is 2.04 bits per heavy atom. The molecule has 4 rings (SSSR count). The summed E-state index contributed by atoms with van der Waals surface area (Å²) in [6.07, 6.45) is 0. The minimum Gasteiger partial charge on any atom is -0.479 e. The van der Waals surface area contributed by atoms with Crippen molar-refractivity contribution in [2.45, 2.75) is 25.0 Å². The van der Waals surface area contributed by atoms with Gasteiger partial charge in [0, 0.05) is 12.1 Å². The van der Waals surface area contributed by atoms with E-state index in [4.69, 9.17) is 4.99 Å².